The van der Waals surface area contributed by atoms with Gasteiger partial charge in [0.1, 0.15) is 12.4 Å². The minimum absolute atomic E-state index is 0.499. The van der Waals surface area contributed by atoms with Gasteiger partial charge in [-0.25, -0.2) is 0 Å². The van der Waals surface area contributed by atoms with Crippen LogP contribution in [0, 0.1) is 6.92 Å². The molecule has 0 saturated heterocycles. The van der Waals surface area contributed by atoms with Gasteiger partial charge in [0.25, 0.3) is 0 Å². The first-order chi connectivity index (χ1) is 7.75. The third-order valence-corrected chi connectivity index (χ3v) is 2.15. The number of para-hydroxylation sites is 1. The maximum atomic E-state index is 5.80. The molecule has 0 radical (unpaired) electrons. The van der Waals surface area contributed by atoms with Crippen LogP contribution >= 0.6 is 0 Å². The minimum atomic E-state index is 0.499. The summed E-state index contributed by atoms with van der Waals surface area (Å²) in [5.41, 5.74) is 7.50. The molecule has 0 aliphatic carbocycles. The molecule has 0 atom stereocenters. The van der Waals surface area contributed by atoms with Crippen LogP contribution in [0.4, 0.5) is 5.69 Å². The Kier molecular flexibility index (Phi) is 5.67. The number of benzene rings is 1. The molecule has 0 aliphatic heterocycles. The van der Waals surface area contributed by atoms with Crippen molar-refractivity contribution in [3.63, 3.8) is 0 Å². The van der Waals surface area contributed by atoms with Crippen molar-refractivity contribution in [2.24, 2.45) is 0 Å². The molecule has 1 rings (SSSR count). The van der Waals surface area contributed by atoms with Crippen molar-refractivity contribution < 1.29 is 14.2 Å². The first kappa shape index (κ1) is 12.8. The summed E-state index contributed by atoms with van der Waals surface area (Å²) in [6.45, 7) is 4.20. The van der Waals surface area contributed by atoms with Crippen molar-refractivity contribution in [2.45, 2.75) is 6.92 Å². The Morgan fingerprint density at radius 2 is 1.88 bits per heavy atom. The Hall–Kier alpha value is -1.26. The van der Waals surface area contributed by atoms with Gasteiger partial charge in [0, 0.05) is 7.11 Å². The van der Waals surface area contributed by atoms with Gasteiger partial charge in [-0.3, -0.25) is 0 Å². The molecule has 0 amide bonds. The molecule has 90 valence electrons. The van der Waals surface area contributed by atoms with Crippen LogP contribution in [0.3, 0.4) is 0 Å². The number of nitrogens with two attached hydrogens (primary N) is 1. The lowest BCUT2D eigenvalue weighted by molar-refractivity contribution is 0.0544. The Labute approximate surface area is 96.3 Å². The van der Waals surface area contributed by atoms with E-state index in [-0.39, 0.29) is 0 Å². The summed E-state index contributed by atoms with van der Waals surface area (Å²) >= 11 is 0. The second-order valence-electron chi connectivity index (χ2n) is 3.45. The second kappa shape index (κ2) is 7.09. The predicted octanol–water partition coefficient (Wildman–Crippen LogP) is 1.62. The SMILES string of the molecule is COCCOCCOc1c(C)cccc1N. The first-order valence-electron chi connectivity index (χ1n) is 5.30. The molecule has 1 aromatic rings. The van der Waals surface area contributed by atoms with Gasteiger partial charge in [0.05, 0.1) is 25.5 Å². The van der Waals surface area contributed by atoms with Crippen molar-refractivity contribution in [2.75, 3.05) is 39.3 Å². The van der Waals surface area contributed by atoms with Crippen LogP contribution in [-0.2, 0) is 9.47 Å². The van der Waals surface area contributed by atoms with Crippen LogP contribution in [0.15, 0.2) is 18.2 Å². The van der Waals surface area contributed by atoms with Gasteiger partial charge in [0.2, 0.25) is 0 Å². The molecule has 0 bridgehead atoms. The molecule has 2 N–H and O–H groups in total. The van der Waals surface area contributed by atoms with E-state index in [1.165, 1.54) is 0 Å². The summed E-state index contributed by atoms with van der Waals surface area (Å²) in [5, 5.41) is 0. The van der Waals surface area contributed by atoms with Crippen LogP contribution in [0.2, 0.25) is 0 Å². The molecule has 1 aromatic carbocycles. The van der Waals surface area contributed by atoms with Gasteiger partial charge in [-0.15, -0.1) is 0 Å². The second-order valence-corrected chi connectivity index (χ2v) is 3.45. The summed E-state index contributed by atoms with van der Waals surface area (Å²) in [6.07, 6.45) is 0. The number of ether oxygens (including phenoxy) is 3. The van der Waals surface area contributed by atoms with E-state index in [9.17, 15) is 0 Å². The number of methoxy groups -OCH3 is 1. The van der Waals surface area contributed by atoms with Crippen LogP contribution in [0.25, 0.3) is 0 Å². The maximum absolute atomic E-state index is 5.80. The monoisotopic (exact) mass is 225 g/mol. The van der Waals surface area contributed by atoms with E-state index in [0.717, 1.165) is 11.3 Å². The Morgan fingerprint density at radius 3 is 2.56 bits per heavy atom. The number of hydrogen-bond donors (Lipinski definition) is 1. The Morgan fingerprint density at radius 1 is 1.12 bits per heavy atom. The van der Waals surface area contributed by atoms with Gasteiger partial charge in [-0.2, -0.15) is 0 Å². The number of anilines is 1. The van der Waals surface area contributed by atoms with Gasteiger partial charge < -0.3 is 19.9 Å². The van der Waals surface area contributed by atoms with Crippen molar-refractivity contribution in [1.82, 2.24) is 0 Å². The van der Waals surface area contributed by atoms with Gasteiger partial charge in [-0.05, 0) is 18.6 Å². The summed E-state index contributed by atoms with van der Waals surface area (Å²) in [6, 6.07) is 5.71. The fraction of sp³-hybridized carbons (Fsp3) is 0.500. The van der Waals surface area contributed by atoms with E-state index in [1.807, 2.05) is 25.1 Å². The molecule has 0 aliphatic rings. The van der Waals surface area contributed by atoms with Gasteiger partial charge in [-0.1, -0.05) is 12.1 Å². The summed E-state index contributed by atoms with van der Waals surface area (Å²) in [4.78, 5) is 0. The van der Waals surface area contributed by atoms with Gasteiger partial charge in [0.15, 0.2) is 0 Å². The third-order valence-electron chi connectivity index (χ3n) is 2.15. The molecule has 0 saturated carbocycles. The van der Waals surface area contributed by atoms with E-state index in [2.05, 4.69) is 0 Å². The minimum Gasteiger partial charge on any atom is -0.489 e. The lowest BCUT2D eigenvalue weighted by Gasteiger charge is -2.11. The van der Waals surface area contributed by atoms with Crippen LogP contribution in [-0.4, -0.2) is 33.5 Å². The van der Waals surface area contributed by atoms with Crippen LogP contribution in [0.5, 0.6) is 5.75 Å². The highest BCUT2D eigenvalue weighted by atomic mass is 16.5. The van der Waals surface area contributed by atoms with E-state index in [1.54, 1.807) is 7.11 Å². The Bertz CT molecular complexity index is 295. The standard InChI is InChI=1S/C12H19NO3/c1-10-4-3-5-11(13)12(10)16-9-8-15-7-6-14-2/h3-5H,6-9,13H2,1-2H3. The normalized spacial score (nSPS) is 10.4. The molecule has 0 heterocycles. The predicted molar refractivity (Wildman–Crippen MR) is 63.8 cm³/mol. The number of aryl methyl sites for hydroxylation is 1. The van der Waals surface area contributed by atoms with Crippen molar-refractivity contribution >= 4 is 5.69 Å². The van der Waals surface area contributed by atoms with Gasteiger partial charge >= 0.3 is 0 Å². The maximum Gasteiger partial charge on any atom is 0.145 e. The average molecular weight is 225 g/mol. The number of rotatable bonds is 7. The van der Waals surface area contributed by atoms with Crippen molar-refractivity contribution in [3.05, 3.63) is 23.8 Å². The summed E-state index contributed by atoms with van der Waals surface area (Å²) in [7, 11) is 1.65. The molecule has 4 nitrogen and oxygen atoms in total. The zero-order valence-electron chi connectivity index (χ0n) is 9.86. The van der Waals surface area contributed by atoms with E-state index >= 15 is 0 Å². The molecular weight excluding hydrogens is 206 g/mol. The fourth-order valence-corrected chi connectivity index (χ4v) is 1.32. The summed E-state index contributed by atoms with van der Waals surface area (Å²) < 4.78 is 15.7. The quantitative estimate of drug-likeness (QED) is 0.566. The van der Waals surface area contributed by atoms with Crippen molar-refractivity contribution in [1.29, 1.82) is 0 Å². The lowest BCUT2D eigenvalue weighted by Crippen LogP contribution is -2.11. The summed E-state index contributed by atoms with van der Waals surface area (Å²) in [5.74, 6) is 0.748. The first-order valence-corrected chi connectivity index (χ1v) is 5.30. The Balaban J connectivity index is 2.26. The highest BCUT2D eigenvalue weighted by molar-refractivity contribution is 5.56. The third kappa shape index (κ3) is 4.08. The zero-order chi connectivity index (χ0) is 11.8. The van der Waals surface area contributed by atoms with Crippen LogP contribution in [0.1, 0.15) is 5.56 Å². The highest BCUT2D eigenvalue weighted by Gasteiger charge is 2.02. The van der Waals surface area contributed by atoms with E-state index in [4.69, 9.17) is 19.9 Å². The largest absolute Gasteiger partial charge is 0.489 e. The van der Waals surface area contributed by atoms with Crippen molar-refractivity contribution in [3.8, 4) is 5.75 Å². The smallest absolute Gasteiger partial charge is 0.145 e. The molecule has 0 unspecified atom stereocenters. The fourth-order valence-electron chi connectivity index (χ4n) is 1.32. The topological polar surface area (TPSA) is 53.7 Å². The molecular formula is C12H19NO3. The van der Waals surface area contributed by atoms with E-state index in [0.29, 0.717) is 32.1 Å². The average Bonchev–Trinajstić information content (AvgIpc) is 2.26. The zero-order valence-corrected chi connectivity index (χ0v) is 9.86. The number of nitrogen functional groups attached to an aromatic ring is 1. The molecule has 0 fully saturated rings. The number of hydrogen-bond acceptors (Lipinski definition) is 4. The highest BCUT2D eigenvalue weighted by Crippen LogP contribution is 2.24. The molecule has 0 aromatic heterocycles. The molecule has 16 heavy (non-hydrogen) atoms. The molecule has 0 spiro atoms. The molecule has 4 heteroatoms. The van der Waals surface area contributed by atoms with E-state index < -0.39 is 0 Å². The van der Waals surface area contributed by atoms with Crippen LogP contribution < -0.4 is 10.5 Å². The lowest BCUT2D eigenvalue weighted by atomic mass is 10.2.